The van der Waals surface area contributed by atoms with Crippen LogP contribution in [-0.4, -0.2) is 22.9 Å². The van der Waals surface area contributed by atoms with Crippen molar-refractivity contribution in [3.63, 3.8) is 0 Å². The van der Waals surface area contributed by atoms with Gasteiger partial charge in [-0.05, 0) is 48.0 Å². The number of aliphatic carboxylic acids is 1. The maximum atomic E-state index is 13.1. The van der Waals surface area contributed by atoms with Crippen molar-refractivity contribution in [2.75, 3.05) is 10.6 Å². The summed E-state index contributed by atoms with van der Waals surface area (Å²) in [5.74, 6) is -2.00. The molecule has 0 radical (unpaired) electrons. The second-order valence-corrected chi connectivity index (χ2v) is 8.62. The first kappa shape index (κ1) is 25.8. The molecule has 3 aromatic carbocycles. The van der Waals surface area contributed by atoms with Gasteiger partial charge in [0.15, 0.2) is 0 Å². The van der Waals surface area contributed by atoms with Crippen LogP contribution in [0, 0.1) is 0 Å². The molecule has 0 saturated carbocycles. The molecule has 0 saturated heterocycles. The summed E-state index contributed by atoms with van der Waals surface area (Å²) >= 11 is 1.20. The molecule has 0 aliphatic heterocycles. The Morgan fingerprint density at radius 2 is 1.51 bits per heavy atom. The van der Waals surface area contributed by atoms with Crippen LogP contribution >= 0.6 is 11.8 Å². The van der Waals surface area contributed by atoms with Crippen LogP contribution in [0.1, 0.15) is 29.2 Å². The van der Waals surface area contributed by atoms with Gasteiger partial charge in [0.2, 0.25) is 11.8 Å². The van der Waals surface area contributed by atoms with Gasteiger partial charge in [-0.25, -0.2) is 0 Å². The Labute approximate surface area is 203 Å². The molecule has 10 heteroatoms. The summed E-state index contributed by atoms with van der Waals surface area (Å²) in [6.07, 6.45) is -4.96. The van der Waals surface area contributed by atoms with Crippen molar-refractivity contribution < 1.29 is 32.7 Å². The van der Waals surface area contributed by atoms with E-state index in [2.05, 4.69) is 10.6 Å². The Bertz CT molecular complexity index is 1190. The lowest BCUT2D eigenvalue weighted by atomic mass is 10.1. The molecular weight excluding hydrogens is 481 g/mol. The summed E-state index contributed by atoms with van der Waals surface area (Å²) < 4.78 is 39.1. The van der Waals surface area contributed by atoms with Gasteiger partial charge in [0, 0.05) is 22.7 Å². The van der Waals surface area contributed by atoms with E-state index in [4.69, 9.17) is 5.11 Å². The number of rotatable bonds is 9. The number of hydrogen-bond donors (Lipinski definition) is 3. The molecule has 0 bridgehead atoms. The van der Waals surface area contributed by atoms with Gasteiger partial charge in [-0.1, -0.05) is 36.4 Å². The van der Waals surface area contributed by atoms with E-state index in [1.54, 1.807) is 54.6 Å². The molecule has 3 rings (SSSR count). The summed E-state index contributed by atoms with van der Waals surface area (Å²) in [4.78, 5) is 36.2. The first-order valence-electron chi connectivity index (χ1n) is 10.4. The average molecular weight is 503 g/mol. The van der Waals surface area contributed by atoms with E-state index in [9.17, 15) is 27.6 Å². The molecule has 3 N–H and O–H groups in total. The van der Waals surface area contributed by atoms with E-state index < -0.39 is 34.8 Å². The molecule has 3 aromatic rings. The summed E-state index contributed by atoms with van der Waals surface area (Å²) in [5.41, 5.74) is 0.299. The number of carboxylic acid groups (broad SMARTS) is 1. The fourth-order valence-corrected chi connectivity index (χ4v) is 4.10. The Balaban J connectivity index is 1.74. The minimum absolute atomic E-state index is 0.0331. The van der Waals surface area contributed by atoms with Gasteiger partial charge in [0.05, 0.1) is 12.0 Å². The average Bonchev–Trinajstić information content (AvgIpc) is 2.82. The van der Waals surface area contributed by atoms with E-state index in [0.29, 0.717) is 16.1 Å². The summed E-state index contributed by atoms with van der Waals surface area (Å²) in [5, 5.41) is 13.1. The molecule has 0 aliphatic carbocycles. The number of carbonyl (C=O) groups is 3. The van der Waals surface area contributed by atoms with E-state index in [-0.39, 0.29) is 18.5 Å². The van der Waals surface area contributed by atoms with Crippen LogP contribution in [0.2, 0.25) is 0 Å². The van der Waals surface area contributed by atoms with Gasteiger partial charge in [0.25, 0.3) is 0 Å². The van der Waals surface area contributed by atoms with Crippen molar-refractivity contribution >= 4 is 40.9 Å². The molecule has 1 unspecified atom stereocenters. The number of benzene rings is 3. The molecule has 35 heavy (non-hydrogen) atoms. The zero-order valence-electron chi connectivity index (χ0n) is 18.2. The number of alkyl halides is 3. The van der Waals surface area contributed by atoms with Crippen molar-refractivity contribution in [2.45, 2.75) is 29.2 Å². The largest absolute Gasteiger partial charge is 0.481 e. The molecule has 1 atom stereocenters. The molecule has 0 aliphatic rings. The molecule has 2 amide bonds. The third-order valence-electron chi connectivity index (χ3n) is 4.76. The number of amides is 2. The SMILES string of the molecule is O=C(O)CCC(=O)Nc1ccc(SC(C(=O)Nc2cccc(C(F)(F)F)c2)c2ccccc2)cc1. The third-order valence-corrected chi connectivity index (χ3v) is 6.02. The van der Waals surface area contributed by atoms with Gasteiger partial charge in [0.1, 0.15) is 5.25 Å². The van der Waals surface area contributed by atoms with Crippen molar-refractivity contribution in [3.8, 4) is 0 Å². The predicted octanol–water partition coefficient (Wildman–Crippen LogP) is 5.98. The first-order valence-corrected chi connectivity index (χ1v) is 11.3. The minimum Gasteiger partial charge on any atom is -0.481 e. The van der Waals surface area contributed by atoms with E-state index in [1.807, 2.05) is 0 Å². The van der Waals surface area contributed by atoms with Gasteiger partial charge in [-0.2, -0.15) is 13.2 Å². The van der Waals surface area contributed by atoms with Crippen LogP contribution in [0.5, 0.6) is 0 Å². The van der Waals surface area contributed by atoms with Crippen LogP contribution < -0.4 is 10.6 Å². The molecule has 0 fully saturated rings. The lowest BCUT2D eigenvalue weighted by Crippen LogP contribution is -2.19. The normalized spacial score (nSPS) is 12.0. The van der Waals surface area contributed by atoms with Crippen LogP contribution in [-0.2, 0) is 20.6 Å². The van der Waals surface area contributed by atoms with Crippen LogP contribution in [0.15, 0.2) is 83.8 Å². The standard InChI is InChI=1S/C25H21F3N2O4S/c26-25(27,28)17-7-4-8-19(15-17)30-24(34)23(16-5-2-1-3-6-16)35-20-11-9-18(10-12-20)29-21(31)13-14-22(32)33/h1-12,15,23H,13-14H2,(H,29,31)(H,30,34)(H,32,33). The maximum Gasteiger partial charge on any atom is 0.416 e. The molecule has 6 nitrogen and oxygen atoms in total. The number of anilines is 2. The predicted molar refractivity (Wildman–Crippen MR) is 127 cm³/mol. The molecular formula is C25H21F3N2O4S. The lowest BCUT2D eigenvalue weighted by molar-refractivity contribution is -0.138. The number of halogens is 3. The highest BCUT2D eigenvalue weighted by atomic mass is 32.2. The zero-order valence-corrected chi connectivity index (χ0v) is 19.0. The number of carbonyl (C=O) groups excluding carboxylic acids is 2. The van der Waals surface area contributed by atoms with Crippen LogP contribution in [0.25, 0.3) is 0 Å². The Kier molecular flexibility index (Phi) is 8.53. The minimum atomic E-state index is -4.53. The van der Waals surface area contributed by atoms with E-state index in [1.165, 1.54) is 23.9 Å². The van der Waals surface area contributed by atoms with Crippen molar-refractivity contribution in [1.82, 2.24) is 0 Å². The van der Waals surface area contributed by atoms with Gasteiger partial charge >= 0.3 is 12.1 Å². The summed E-state index contributed by atoms with van der Waals surface area (Å²) in [6.45, 7) is 0. The van der Waals surface area contributed by atoms with E-state index >= 15 is 0 Å². The fourth-order valence-electron chi connectivity index (χ4n) is 3.08. The summed E-state index contributed by atoms with van der Waals surface area (Å²) in [7, 11) is 0. The molecule has 0 spiro atoms. The highest BCUT2D eigenvalue weighted by Gasteiger charge is 2.31. The molecule has 182 valence electrons. The van der Waals surface area contributed by atoms with Crippen LogP contribution in [0.3, 0.4) is 0 Å². The van der Waals surface area contributed by atoms with Crippen molar-refractivity contribution in [1.29, 1.82) is 0 Å². The Morgan fingerprint density at radius 3 is 2.14 bits per heavy atom. The maximum absolute atomic E-state index is 13.1. The van der Waals surface area contributed by atoms with E-state index in [0.717, 1.165) is 12.1 Å². The topological polar surface area (TPSA) is 95.5 Å². The highest BCUT2D eigenvalue weighted by Crippen LogP contribution is 2.37. The zero-order chi connectivity index (χ0) is 25.4. The third kappa shape index (κ3) is 7.89. The van der Waals surface area contributed by atoms with Crippen molar-refractivity contribution in [3.05, 3.63) is 90.0 Å². The monoisotopic (exact) mass is 502 g/mol. The van der Waals surface area contributed by atoms with Crippen LogP contribution in [0.4, 0.5) is 24.5 Å². The summed E-state index contributed by atoms with van der Waals surface area (Å²) in [6, 6.07) is 19.9. The number of thioether (sulfide) groups is 1. The first-order chi connectivity index (χ1) is 16.6. The van der Waals surface area contributed by atoms with Gasteiger partial charge < -0.3 is 15.7 Å². The molecule has 0 aromatic heterocycles. The Morgan fingerprint density at radius 1 is 0.829 bits per heavy atom. The molecule has 0 heterocycles. The number of hydrogen-bond acceptors (Lipinski definition) is 4. The quantitative estimate of drug-likeness (QED) is 0.313. The Hall–Kier alpha value is -3.79. The second-order valence-electron chi connectivity index (χ2n) is 7.44. The number of nitrogens with one attached hydrogen (secondary N) is 2. The van der Waals surface area contributed by atoms with Gasteiger partial charge in [-0.3, -0.25) is 14.4 Å². The second kappa shape index (κ2) is 11.6. The lowest BCUT2D eigenvalue weighted by Gasteiger charge is -2.18. The fraction of sp³-hybridized carbons (Fsp3) is 0.160. The highest BCUT2D eigenvalue weighted by molar-refractivity contribution is 8.00. The smallest absolute Gasteiger partial charge is 0.416 e. The van der Waals surface area contributed by atoms with Gasteiger partial charge in [-0.15, -0.1) is 11.8 Å². The van der Waals surface area contributed by atoms with Crippen molar-refractivity contribution in [2.24, 2.45) is 0 Å². The number of carboxylic acids is 1.